The number of hydrogen-bond donors (Lipinski definition) is 2. The van der Waals surface area contributed by atoms with Gasteiger partial charge in [0.25, 0.3) is 0 Å². The predicted molar refractivity (Wildman–Crippen MR) is 229 cm³/mol. The maximum absolute atomic E-state index is 12.6. The van der Waals surface area contributed by atoms with Gasteiger partial charge in [0, 0.05) is 19.4 Å². The van der Waals surface area contributed by atoms with Crippen LogP contribution in [0, 0.1) is 0 Å². The Labute approximate surface area is 336 Å². The quantitative estimate of drug-likeness (QED) is 0.0268. The molecule has 0 radical (unpaired) electrons. The van der Waals surface area contributed by atoms with E-state index in [0.717, 1.165) is 57.8 Å². The zero-order chi connectivity index (χ0) is 40.3. The highest BCUT2D eigenvalue weighted by atomic mass is 31.2. The average molecular weight is 796 g/mol. The number of unbranched alkanes of at least 4 members (excludes halogenated alkanes) is 20. The molecule has 0 aromatic rings. The molecule has 0 aliphatic rings. The van der Waals surface area contributed by atoms with E-state index >= 15 is 0 Å². The van der Waals surface area contributed by atoms with Gasteiger partial charge in [-0.3, -0.25) is 18.6 Å². The zero-order valence-corrected chi connectivity index (χ0v) is 36.0. The van der Waals surface area contributed by atoms with Gasteiger partial charge in [-0.25, -0.2) is 4.57 Å². The van der Waals surface area contributed by atoms with E-state index in [-0.39, 0.29) is 32.6 Å². The van der Waals surface area contributed by atoms with E-state index in [2.05, 4.69) is 62.5 Å². The van der Waals surface area contributed by atoms with Gasteiger partial charge >= 0.3 is 19.8 Å². The molecule has 55 heavy (non-hydrogen) atoms. The van der Waals surface area contributed by atoms with E-state index in [1.54, 1.807) is 0 Å². The van der Waals surface area contributed by atoms with Crippen molar-refractivity contribution in [3.63, 3.8) is 0 Å². The molecule has 3 N–H and O–H groups in total. The number of esters is 2. The van der Waals surface area contributed by atoms with Crippen LogP contribution in [0.1, 0.15) is 194 Å². The summed E-state index contributed by atoms with van der Waals surface area (Å²) >= 11 is 0. The van der Waals surface area contributed by atoms with Crippen molar-refractivity contribution in [2.24, 2.45) is 5.73 Å². The van der Waals surface area contributed by atoms with E-state index < -0.39 is 32.5 Å². The predicted octanol–water partition coefficient (Wildman–Crippen LogP) is 12.7. The van der Waals surface area contributed by atoms with E-state index in [0.29, 0.717) is 12.8 Å². The van der Waals surface area contributed by atoms with Crippen molar-refractivity contribution >= 4 is 19.8 Å². The third kappa shape index (κ3) is 41.4. The Kier molecular flexibility index (Phi) is 40.1. The normalized spacial score (nSPS) is 13.7. The molecule has 0 spiro atoms. The lowest BCUT2D eigenvalue weighted by molar-refractivity contribution is -0.161. The lowest BCUT2D eigenvalue weighted by Gasteiger charge is -2.19. The molecule has 0 aromatic carbocycles. The third-order valence-corrected chi connectivity index (χ3v) is 10.2. The summed E-state index contributed by atoms with van der Waals surface area (Å²) in [6.07, 6.45) is 47.1. The molecule has 1 unspecified atom stereocenters. The van der Waals surface area contributed by atoms with Crippen LogP contribution in [0.3, 0.4) is 0 Å². The molecular weight excluding hydrogens is 713 g/mol. The minimum Gasteiger partial charge on any atom is -0.462 e. The molecular formula is C45H82NO8P. The standard InChI is InChI=1S/C45H82NO8P/c1-3-5-7-9-11-13-15-17-19-20-21-22-24-25-27-29-31-33-35-37-44(47)51-41-43(42-53-55(49,50)52-40-39-46)54-45(48)38-36-34-32-30-28-26-23-18-16-14-12-10-8-6-4-2/h11,13,17,19,21-22,25,27,43H,3-10,12,14-16,18,20,23-24,26,28-42,46H2,1-2H3,(H,49,50)/b13-11+,19-17+,22-21+,27-25+/t43-/m1/s1. The fourth-order valence-electron chi connectivity index (χ4n) is 5.91. The van der Waals surface area contributed by atoms with Gasteiger partial charge in [-0.2, -0.15) is 0 Å². The molecule has 0 saturated carbocycles. The second-order valence-corrected chi connectivity index (χ2v) is 16.0. The molecule has 9 nitrogen and oxygen atoms in total. The van der Waals surface area contributed by atoms with Crippen molar-refractivity contribution in [2.75, 3.05) is 26.4 Å². The van der Waals surface area contributed by atoms with Crippen LogP contribution in [0.4, 0.5) is 0 Å². The molecule has 10 heteroatoms. The maximum Gasteiger partial charge on any atom is 0.472 e. The Morgan fingerprint density at radius 2 is 0.945 bits per heavy atom. The van der Waals surface area contributed by atoms with Crippen molar-refractivity contribution in [1.29, 1.82) is 0 Å². The van der Waals surface area contributed by atoms with Crippen molar-refractivity contribution in [3.8, 4) is 0 Å². The minimum atomic E-state index is -4.38. The molecule has 0 aromatic heterocycles. The number of allylic oxidation sites excluding steroid dienone is 8. The minimum absolute atomic E-state index is 0.0484. The molecule has 0 amide bonds. The van der Waals surface area contributed by atoms with E-state index in [4.69, 9.17) is 24.3 Å². The maximum atomic E-state index is 12.6. The van der Waals surface area contributed by atoms with Crippen molar-refractivity contribution in [3.05, 3.63) is 48.6 Å². The van der Waals surface area contributed by atoms with E-state index in [1.165, 1.54) is 96.3 Å². The molecule has 2 atom stereocenters. The first-order chi connectivity index (χ1) is 26.8. The molecule has 0 fully saturated rings. The van der Waals surface area contributed by atoms with Gasteiger partial charge in [0.2, 0.25) is 0 Å². The largest absolute Gasteiger partial charge is 0.472 e. The number of phosphoric acid groups is 1. The fourth-order valence-corrected chi connectivity index (χ4v) is 6.68. The van der Waals surface area contributed by atoms with Crippen molar-refractivity contribution in [1.82, 2.24) is 0 Å². The second kappa shape index (κ2) is 41.6. The Morgan fingerprint density at radius 1 is 0.545 bits per heavy atom. The van der Waals surface area contributed by atoms with Gasteiger partial charge < -0.3 is 20.1 Å². The van der Waals surface area contributed by atoms with Gasteiger partial charge in [0.15, 0.2) is 6.10 Å². The summed E-state index contributed by atoms with van der Waals surface area (Å²) in [6, 6.07) is 0. The monoisotopic (exact) mass is 796 g/mol. The highest BCUT2D eigenvalue weighted by Gasteiger charge is 2.26. The zero-order valence-electron chi connectivity index (χ0n) is 35.2. The summed E-state index contributed by atoms with van der Waals surface area (Å²) in [5.74, 6) is -0.861. The topological polar surface area (TPSA) is 134 Å². The number of ether oxygens (including phenoxy) is 2. The third-order valence-electron chi connectivity index (χ3n) is 9.22. The molecule has 0 heterocycles. The Bertz CT molecular complexity index is 1040. The fraction of sp³-hybridized carbons (Fsp3) is 0.778. The number of carbonyl (C=O) groups excluding carboxylic acids is 2. The summed E-state index contributed by atoms with van der Waals surface area (Å²) in [4.78, 5) is 34.9. The van der Waals surface area contributed by atoms with Gasteiger partial charge in [-0.05, 0) is 57.8 Å². The van der Waals surface area contributed by atoms with Gasteiger partial charge in [0.05, 0.1) is 13.2 Å². The lowest BCUT2D eigenvalue weighted by Crippen LogP contribution is -2.29. The van der Waals surface area contributed by atoms with Gasteiger partial charge in [-0.1, -0.05) is 172 Å². The summed E-state index contributed by atoms with van der Waals surface area (Å²) < 4.78 is 32.8. The Balaban J connectivity index is 4.20. The summed E-state index contributed by atoms with van der Waals surface area (Å²) in [5, 5.41) is 0. The molecule has 0 rings (SSSR count). The number of phosphoric ester groups is 1. The highest BCUT2D eigenvalue weighted by Crippen LogP contribution is 2.43. The summed E-state index contributed by atoms with van der Waals surface area (Å²) in [6.45, 7) is 3.67. The van der Waals surface area contributed by atoms with Gasteiger partial charge in [0.1, 0.15) is 6.61 Å². The number of nitrogens with two attached hydrogens (primary N) is 1. The summed E-state index contributed by atoms with van der Waals surface area (Å²) in [7, 11) is -4.38. The second-order valence-electron chi connectivity index (χ2n) is 14.6. The lowest BCUT2D eigenvalue weighted by atomic mass is 10.0. The van der Waals surface area contributed by atoms with Crippen LogP contribution in [-0.2, 0) is 32.7 Å². The van der Waals surface area contributed by atoms with Crippen molar-refractivity contribution in [2.45, 2.75) is 200 Å². The molecule has 0 saturated heterocycles. The first-order valence-corrected chi connectivity index (χ1v) is 23.6. The van der Waals surface area contributed by atoms with Crippen LogP contribution in [0.2, 0.25) is 0 Å². The van der Waals surface area contributed by atoms with Crippen molar-refractivity contribution < 1.29 is 37.6 Å². The molecule has 320 valence electrons. The van der Waals surface area contributed by atoms with Crippen LogP contribution in [-0.4, -0.2) is 49.3 Å². The van der Waals surface area contributed by atoms with Crippen LogP contribution < -0.4 is 5.73 Å². The molecule has 0 bridgehead atoms. The van der Waals surface area contributed by atoms with E-state index in [1.807, 2.05) is 0 Å². The number of carbonyl (C=O) groups is 2. The number of hydrogen-bond acceptors (Lipinski definition) is 8. The molecule has 0 aliphatic heterocycles. The smallest absolute Gasteiger partial charge is 0.462 e. The first-order valence-electron chi connectivity index (χ1n) is 22.1. The van der Waals surface area contributed by atoms with Crippen LogP contribution in [0.5, 0.6) is 0 Å². The van der Waals surface area contributed by atoms with E-state index in [9.17, 15) is 19.0 Å². The Morgan fingerprint density at radius 3 is 1.44 bits per heavy atom. The SMILES string of the molecule is CCCCC/C=C/C/C=C/C/C=C/C/C=C/CCCCCC(=O)OC[C@H](COP(=O)(O)OCCN)OC(=O)CCCCCCCCCCCCCCCCC. The average Bonchev–Trinajstić information content (AvgIpc) is 3.17. The Hall–Kier alpha value is -2.03. The first kappa shape index (κ1) is 53.0. The van der Waals surface area contributed by atoms with Gasteiger partial charge in [-0.15, -0.1) is 0 Å². The number of rotatable bonds is 41. The van der Waals surface area contributed by atoms with Crippen LogP contribution >= 0.6 is 7.82 Å². The highest BCUT2D eigenvalue weighted by molar-refractivity contribution is 7.47. The molecule has 0 aliphatic carbocycles. The van der Waals surface area contributed by atoms with Crippen LogP contribution in [0.25, 0.3) is 0 Å². The summed E-state index contributed by atoms with van der Waals surface area (Å²) in [5.41, 5.74) is 5.35. The van der Waals surface area contributed by atoms with Crippen LogP contribution in [0.15, 0.2) is 48.6 Å².